The van der Waals surface area contributed by atoms with Gasteiger partial charge in [0.05, 0.1) is 0 Å². The molecule has 0 spiro atoms. The van der Waals surface area contributed by atoms with Gasteiger partial charge in [0.25, 0.3) is 0 Å². The van der Waals surface area contributed by atoms with Crippen LogP contribution in [0.15, 0.2) is 29.4 Å². The van der Waals surface area contributed by atoms with Crippen LogP contribution in [0.1, 0.15) is 12.5 Å². The molecule has 0 fully saturated rings. The summed E-state index contributed by atoms with van der Waals surface area (Å²) in [4.78, 5) is 13.3. The van der Waals surface area contributed by atoms with Crippen molar-refractivity contribution >= 4 is 11.6 Å². The molecule has 5 heteroatoms. The van der Waals surface area contributed by atoms with Gasteiger partial charge in [-0.3, -0.25) is 4.79 Å². The van der Waals surface area contributed by atoms with E-state index in [2.05, 4.69) is 15.3 Å². The number of carbonyl (C=O) groups is 1. The SMILES string of the molecule is CC(=O)NCCc1ccc(N=[N+]=[N-])cc1. The van der Waals surface area contributed by atoms with Gasteiger partial charge in [-0.15, -0.1) is 0 Å². The number of nitrogens with one attached hydrogen (secondary N) is 1. The quantitative estimate of drug-likeness (QED) is 0.456. The van der Waals surface area contributed by atoms with Crippen molar-refractivity contribution in [3.8, 4) is 0 Å². The van der Waals surface area contributed by atoms with Gasteiger partial charge in [0.2, 0.25) is 5.91 Å². The van der Waals surface area contributed by atoms with E-state index >= 15 is 0 Å². The molecule has 15 heavy (non-hydrogen) atoms. The van der Waals surface area contributed by atoms with Crippen molar-refractivity contribution in [3.05, 3.63) is 40.3 Å². The Bertz CT molecular complexity index is 379. The van der Waals surface area contributed by atoms with Crippen LogP contribution in [-0.4, -0.2) is 12.5 Å². The van der Waals surface area contributed by atoms with Crippen LogP contribution >= 0.6 is 0 Å². The molecule has 0 aromatic heterocycles. The third-order valence-corrected chi connectivity index (χ3v) is 1.88. The molecule has 0 aliphatic carbocycles. The summed E-state index contributed by atoms with van der Waals surface area (Å²) in [6.45, 7) is 2.11. The summed E-state index contributed by atoms with van der Waals surface area (Å²) in [7, 11) is 0. The molecule has 1 amide bonds. The number of hydrogen-bond donors (Lipinski definition) is 1. The van der Waals surface area contributed by atoms with Crippen LogP contribution in [0, 0.1) is 0 Å². The monoisotopic (exact) mass is 204 g/mol. The Balaban J connectivity index is 2.49. The van der Waals surface area contributed by atoms with Gasteiger partial charge in [0.15, 0.2) is 0 Å². The van der Waals surface area contributed by atoms with Crippen LogP contribution in [0.3, 0.4) is 0 Å². The van der Waals surface area contributed by atoms with Crippen molar-refractivity contribution in [1.82, 2.24) is 5.32 Å². The van der Waals surface area contributed by atoms with Crippen LogP contribution in [0.2, 0.25) is 0 Å². The van der Waals surface area contributed by atoms with Crippen LogP contribution in [0.25, 0.3) is 10.4 Å². The first kappa shape index (κ1) is 11.1. The molecule has 1 aromatic carbocycles. The number of nitrogens with zero attached hydrogens (tertiary/aromatic N) is 3. The second-order valence-electron chi connectivity index (χ2n) is 3.09. The van der Waals surface area contributed by atoms with E-state index in [9.17, 15) is 4.79 Å². The first-order valence-corrected chi connectivity index (χ1v) is 4.61. The first-order chi connectivity index (χ1) is 7.22. The fraction of sp³-hybridized carbons (Fsp3) is 0.300. The lowest BCUT2D eigenvalue weighted by molar-refractivity contribution is -0.118. The van der Waals surface area contributed by atoms with Crippen molar-refractivity contribution < 1.29 is 4.79 Å². The predicted octanol–water partition coefficient (Wildman–Crippen LogP) is 2.31. The predicted molar refractivity (Wildman–Crippen MR) is 57.6 cm³/mol. The lowest BCUT2D eigenvalue weighted by Gasteiger charge is -2.02. The van der Waals surface area contributed by atoms with Crippen LogP contribution < -0.4 is 5.32 Å². The number of rotatable bonds is 4. The minimum atomic E-state index is -0.0271. The maximum Gasteiger partial charge on any atom is 0.216 e. The Hall–Kier alpha value is -2.00. The average molecular weight is 204 g/mol. The molecule has 0 atom stereocenters. The molecule has 0 bridgehead atoms. The van der Waals surface area contributed by atoms with Crippen LogP contribution in [0.4, 0.5) is 5.69 Å². The van der Waals surface area contributed by atoms with Gasteiger partial charge >= 0.3 is 0 Å². The highest BCUT2D eigenvalue weighted by molar-refractivity contribution is 5.72. The highest BCUT2D eigenvalue weighted by atomic mass is 16.1. The summed E-state index contributed by atoms with van der Waals surface area (Å²) in [6, 6.07) is 7.27. The summed E-state index contributed by atoms with van der Waals surface area (Å²) in [5, 5.41) is 6.18. The maximum absolute atomic E-state index is 10.6. The smallest absolute Gasteiger partial charge is 0.216 e. The molecule has 0 saturated heterocycles. The number of carbonyl (C=O) groups excluding carboxylic acids is 1. The molecule has 0 heterocycles. The van der Waals surface area contributed by atoms with E-state index in [0.29, 0.717) is 12.2 Å². The molecular formula is C10H12N4O. The van der Waals surface area contributed by atoms with Crippen molar-refractivity contribution in [2.24, 2.45) is 5.11 Å². The summed E-state index contributed by atoms with van der Waals surface area (Å²) < 4.78 is 0. The van der Waals surface area contributed by atoms with Crippen LogP contribution in [-0.2, 0) is 11.2 Å². The molecule has 5 nitrogen and oxygen atoms in total. The molecule has 0 saturated carbocycles. The van der Waals surface area contributed by atoms with E-state index in [1.807, 2.05) is 12.1 Å². The third kappa shape index (κ3) is 4.15. The van der Waals surface area contributed by atoms with Gasteiger partial charge in [0.1, 0.15) is 0 Å². The number of azide groups is 1. The normalized spacial score (nSPS) is 9.13. The summed E-state index contributed by atoms with van der Waals surface area (Å²) in [6.07, 6.45) is 0.774. The van der Waals surface area contributed by atoms with Crippen molar-refractivity contribution in [1.29, 1.82) is 0 Å². The van der Waals surface area contributed by atoms with Gasteiger partial charge < -0.3 is 5.32 Å². The standard InChI is InChI=1S/C10H12N4O/c1-8(15)12-7-6-9-2-4-10(5-3-9)13-14-11/h2-5H,6-7H2,1H3,(H,12,15). The maximum atomic E-state index is 10.6. The Morgan fingerprint density at radius 1 is 1.47 bits per heavy atom. The number of hydrogen-bond acceptors (Lipinski definition) is 2. The molecular weight excluding hydrogens is 192 g/mol. The fourth-order valence-corrected chi connectivity index (χ4v) is 1.16. The van der Waals surface area contributed by atoms with Crippen molar-refractivity contribution in [2.75, 3.05) is 6.54 Å². The highest BCUT2D eigenvalue weighted by Crippen LogP contribution is 2.13. The van der Waals surface area contributed by atoms with Gasteiger partial charge in [-0.05, 0) is 17.5 Å². The highest BCUT2D eigenvalue weighted by Gasteiger charge is 1.94. The summed E-state index contributed by atoms with van der Waals surface area (Å²) in [5.74, 6) is -0.0271. The van der Waals surface area contributed by atoms with E-state index in [-0.39, 0.29) is 5.91 Å². The zero-order chi connectivity index (χ0) is 11.1. The lowest BCUT2D eigenvalue weighted by atomic mass is 10.1. The van der Waals surface area contributed by atoms with Gasteiger partial charge in [-0.1, -0.05) is 29.4 Å². The van der Waals surface area contributed by atoms with E-state index in [0.717, 1.165) is 12.0 Å². The van der Waals surface area contributed by atoms with Crippen molar-refractivity contribution in [2.45, 2.75) is 13.3 Å². The Kier molecular flexibility index (Phi) is 4.19. The molecule has 1 aromatic rings. The Morgan fingerprint density at radius 2 is 2.13 bits per heavy atom. The van der Waals surface area contributed by atoms with Crippen molar-refractivity contribution in [3.63, 3.8) is 0 Å². The second kappa shape index (κ2) is 5.67. The van der Waals surface area contributed by atoms with E-state index in [4.69, 9.17) is 5.53 Å². The molecule has 1 rings (SSSR count). The third-order valence-electron chi connectivity index (χ3n) is 1.88. The first-order valence-electron chi connectivity index (χ1n) is 4.61. The molecule has 78 valence electrons. The summed E-state index contributed by atoms with van der Waals surface area (Å²) in [5.41, 5.74) is 9.90. The van der Waals surface area contributed by atoms with E-state index in [1.165, 1.54) is 6.92 Å². The van der Waals surface area contributed by atoms with Gasteiger partial charge in [-0.25, -0.2) is 0 Å². The zero-order valence-electron chi connectivity index (χ0n) is 8.47. The van der Waals surface area contributed by atoms with Gasteiger partial charge in [0, 0.05) is 24.1 Å². The summed E-state index contributed by atoms with van der Waals surface area (Å²) >= 11 is 0. The van der Waals surface area contributed by atoms with E-state index in [1.54, 1.807) is 12.1 Å². The number of amides is 1. The van der Waals surface area contributed by atoms with Crippen LogP contribution in [0.5, 0.6) is 0 Å². The van der Waals surface area contributed by atoms with E-state index < -0.39 is 0 Å². The molecule has 1 N–H and O–H groups in total. The molecule has 0 unspecified atom stereocenters. The topological polar surface area (TPSA) is 77.9 Å². The van der Waals surface area contributed by atoms with Gasteiger partial charge in [-0.2, -0.15) is 0 Å². The minimum absolute atomic E-state index is 0.0271. The largest absolute Gasteiger partial charge is 0.356 e. The average Bonchev–Trinajstić information content (AvgIpc) is 2.20. The minimum Gasteiger partial charge on any atom is -0.356 e. The number of benzene rings is 1. The molecule has 0 aliphatic rings. The Morgan fingerprint density at radius 3 is 2.67 bits per heavy atom. The fourth-order valence-electron chi connectivity index (χ4n) is 1.16. The zero-order valence-corrected chi connectivity index (χ0v) is 8.47. The molecule has 0 aliphatic heterocycles. The second-order valence-corrected chi connectivity index (χ2v) is 3.09. The Labute approximate surface area is 87.7 Å². The lowest BCUT2D eigenvalue weighted by Crippen LogP contribution is -2.22. The molecule has 0 radical (unpaired) electrons.